The van der Waals surface area contributed by atoms with E-state index in [2.05, 4.69) is 48.5 Å². The van der Waals surface area contributed by atoms with Crippen LogP contribution in [0.1, 0.15) is 0 Å². The molecule has 0 aliphatic heterocycles. The van der Waals surface area contributed by atoms with E-state index in [4.69, 9.17) is 18.9 Å². The highest BCUT2D eigenvalue weighted by Gasteiger charge is 2.16. The van der Waals surface area contributed by atoms with Crippen LogP contribution in [0.2, 0.25) is 0 Å². The second-order valence-electron chi connectivity index (χ2n) is 6.89. The molecule has 0 unspecified atom stereocenters. The third kappa shape index (κ3) is 3.52. The van der Waals surface area contributed by atoms with Crippen LogP contribution < -0.4 is 18.9 Å². The molecule has 0 radical (unpaired) electrons. The fraction of sp³-hybridized carbons (Fsp3) is 0.154. The molecule has 0 N–H and O–H groups in total. The highest BCUT2D eigenvalue weighted by molar-refractivity contribution is 6.00. The van der Waals surface area contributed by atoms with Gasteiger partial charge in [-0.05, 0) is 69.4 Å². The Morgan fingerprint density at radius 2 is 1.20 bits per heavy atom. The van der Waals surface area contributed by atoms with Crippen molar-refractivity contribution in [2.24, 2.45) is 0 Å². The fourth-order valence-corrected chi connectivity index (χ4v) is 3.74. The molecule has 0 spiro atoms. The Labute approximate surface area is 176 Å². The van der Waals surface area contributed by atoms with E-state index in [0.717, 1.165) is 38.8 Å². The minimum absolute atomic E-state index is 0.583. The van der Waals surface area contributed by atoms with Crippen LogP contribution in [0.5, 0.6) is 23.0 Å². The van der Waals surface area contributed by atoms with Gasteiger partial charge in [-0.25, -0.2) is 0 Å². The summed E-state index contributed by atoms with van der Waals surface area (Å²) in [5, 5.41) is 2.32. The predicted molar refractivity (Wildman–Crippen MR) is 121 cm³/mol. The van der Waals surface area contributed by atoms with Crippen LogP contribution in [0.4, 0.5) is 0 Å². The van der Waals surface area contributed by atoms with Crippen molar-refractivity contribution < 1.29 is 18.9 Å². The van der Waals surface area contributed by atoms with E-state index in [1.807, 2.05) is 24.3 Å². The normalized spacial score (nSPS) is 10.7. The standard InChI is InChI=1S/C26H24O4/c1-27-21-11-9-17(10-12-21)19-13-18-7-5-6-8-22(18)23(14-19)20-15-24(28-2)26(30-4)25(16-20)29-3/h5-16H,1-4H3. The van der Waals surface area contributed by atoms with Gasteiger partial charge in [0.2, 0.25) is 5.75 Å². The van der Waals surface area contributed by atoms with Crippen LogP contribution in [-0.2, 0) is 0 Å². The van der Waals surface area contributed by atoms with Crippen molar-refractivity contribution in [3.8, 4) is 45.3 Å². The summed E-state index contributed by atoms with van der Waals surface area (Å²) in [6.07, 6.45) is 0. The number of benzene rings is 4. The van der Waals surface area contributed by atoms with Gasteiger partial charge < -0.3 is 18.9 Å². The number of methoxy groups -OCH3 is 4. The van der Waals surface area contributed by atoms with E-state index in [-0.39, 0.29) is 0 Å². The SMILES string of the molecule is COc1ccc(-c2cc(-c3cc(OC)c(OC)c(OC)c3)c3ccccc3c2)cc1. The zero-order chi connectivity index (χ0) is 21.1. The molecule has 0 heterocycles. The summed E-state index contributed by atoms with van der Waals surface area (Å²) in [7, 11) is 6.55. The number of rotatable bonds is 6. The quantitative estimate of drug-likeness (QED) is 0.386. The van der Waals surface area contributed by atoms with E-state index < -0.39 is 0 Å². The molecular formula is C26H24O4. The summed E-state index contributed by atoms with van der Waals surface area (Å²) in [6, 6.07) is 24.8. The summed E-state index contributed by atoms with van der Waals surface area (Å²) in [5.41, 5.74) is 4.34. The minimum Gasteiger partial charge on any atom is -0.497 e. The van der Waals surface area contributed by atoms with Gasteiger partial charge in [-0.2, -0.15) is 0 Å². The Kier molecular flexibility index (Phi) is 5.48. The fourth-order valence-electron chi connectivity index (χ4n) is 3.74. The van der Waals surface area contributed by atoms with Gasteiger partial charge in [0.1, 0.15) is 5.75 Å². The van der Waals surface area contributed by atoms with Gasteiger partial charge in [0.05, 0.1) is 28.4 Å². The molecule has 4 aromatic carbocycles. The maximum absolute atomic E-state index is 5.57. The van der Waals surface area contributed by atoms with Gasteiger partial charge in [-0.3, -0.25) is 0 Å². The molecule has 4 aromatic rings. The van der Waals surface area contributed by atoms with Crippen molar-refractivity contribution >= 4 is 10.8 Å². The maximum Gasteiger partial charge on any atom is 0.203 e. The predicted octanol–water partition coefficient (Wildman–Crippen LogP) is 6.21. The summed E-state index contributed by atoms with van der Waals surface area (Å²) < 4.78 is 21.9. The van der Waals surface area contributed by atoms with Crippen LogP contribution in [0.3, 0.4) is 0 Å². The van der Waals surface area contributed by atoms with Crippen LogP contribution in [0.25, 0.3) is 33.0 Å². The van der Waals surface area contributed by atoms with Crippen LogP contribution in [-0.4, -0.2) is 28.4 Å². The van der Waals surface area contributed by atoms with Gasteiger partial charge in [0, 0.05) is 0 Å². The van der Waals surface area contributed by atoms with Gasteiger partial charge in [-0.1, -0.05) is 36.4 Å². The molecule has 0 bridgehead atoms. The Balaban J connectivity index is 1.96. The minimum atomic E-state index is 0.583. The molecule has 4 nitrogen and oxygen atoms in total. The summed E-state index contributed by atoms with van der Waals surface area (Å²) in [6.45, 7) is 0. The number of ether oxygens (including phenoxy) is 4. The maximum atomic E-state index is 5.57. The Hall–Kier alpha value is -3.66. The summed E-state index contributed by atoms with van der Waals surface area (Å²) in [5.74, 6) is 2.68. The lowest BCUT2D eigenvalue weighted by molar-refractivity contribution is 0.324. The molecule has 0 aliphatic rings. The molecule has 4 rings (SSSR count). The molecule has 0 aliphatic carbocycles. The first kappa shape index (κ1) is 19.6. The molecule has 0 saturated carbocycles. The summed E-state index contributed by atoms with van der Waals surface area (Å²) in [4.78, 5) is 0. The first-order valence-corrected chi connectivity index (χ1v) is 9.66. The highest BCUT2D eigenvalue weighted by atomic mass is 16.5. The Morgan fingerprint density at radius 3 is 1.80 bits per heavy atom. The van der Waals surface area contributed by atoms with Gasteiger partial charge >= 0.3 is 0 Å². The highest BCUT2D eigenvalue weighted by Crippen LogP contribution is 2.43. The molecule has 0 fully saturated rings. The second kappa shape index (κ2) is 8.37. The van der Waals surface area contributed by atoms with Crippen molar-refractivity contribution in [3.05, 3.63) is 72.8 Å². The molecule has 0 amide bonds. The van der Waals surface area contributed by atoms with E-state index >= 15 is 0 Å². The number of fused-ring (bicyclic) bond motifs is 1. The molecule has 4 heteroatoms. The van der Waals surface area contributed by atoms with E-state index in [0.29, 0.717) is 17.2 Å². The molecule has 152 valence electrons. The van der Waals surface area contributed by atoms with E-state index in [1.165, 1.54) is 0 Å². The topological polar surface area (TPSA) is 36.9 Å². The van der Waals surface area contributed by atoms with Crippen LogP contribution in [0, 0.1) is 0 Å². The first-order chi connectivity index (χ1) is 14.7. The van der Waals surface area contributed by atoms with Crippen molar-refractivity contribution in [2.45, 2.75) is 0 Å². The van der Waals surface area contributed by atoms with Crippen molar-refractivity contribution in [1.82, 2.24) is 0 Å². The third-order valence-corrected chi connectivity index (χ3v) is 5.26. The van der Waals surface area contributed by atoms with Crippen LogP contribution in [0.15, 0.2) is 72.8 Å². The summed E-state index contributed by atoms with van der Waals surface area (Å²) >= 11 is 0. The van der Waals surface area contributed by atoms with Crippen LogP contribution >= 0.6 is 0 Å². The molecular weight excluding hydrogens is 376 g/mol. The van der Waals surface area contributed by atoms with Crippen molar-refractivity contribution in [1.29, 1.82) is 0 Å². The average Bonchev–Trinajstić information content (AvgIpc) is 2.82. The molecule has 0 saturated heterocycles. The largest absolute Gasteiger partial charge is 0.497 e. The van der Waals surface area contributed by atoms with E-state index in [9.17, 15) is 0 Å². The lowest BCUT2D eigenvalue weighted by Gasteiger charge is -2.16. The third-order valence-electron chi connectivity index (χ3n) is 5.26. The second-order valence-corrected chi connectivity index (χ2v) is 6.89. The Morgan fingerprint density at radius 1 is 0.533 bits per heavy atom. The van der Waals surface area contributed by atoms with Gasteiger partial charge in [0.25, 0.3) is 0 Å². The lowest BCUT2D eigenvalue weighted by atomic mass is 9.92. The zero-order valence-electron chi connectivity index (χ0n) is 17.6. The number of hydrogen-bond acceptors (Lipinski definition) is 4. The Bertz CT molecular complexity index is 1150. The van der Waals surface area contributed by atoms with Crippen molar-refractivity contribution in [2.75, 3.05) is 28.4 Å². The van der Waals surface area contributed by atoms with Gasteiger partial charge in [0.15, 0.2) is 11.5 Å². The molecule has 30 heavy (non-hydrogen) atoms. The lowest BCUT2D eigenvalue weighted by Crippen LogP contribution is -1.96. The van der Waals surface area contributed by atoms with E-state index in [1.54, 1.807) is 28.4 Å². The monoisotopic (exact) mass is 400 g/mol. The first-order valence-electron chi connectivity index (χ1n) is 9.66. The van der Waals surface area contributed by atoms with Crippen molar-refractivity contribution in [3.63, 3.8) is 0 Å². The zero-order valence-corrected chi connectivity index (χ0v) is 17.6. The molecule has 0 atom stereocenters. The smallest absolute Gasteiger partial charge is 0.203 e. The van der Waals surface area contributed by atoms with Gasteiger partial charge in [-0.15, -0.1) is 0 Å². The molecule has 0 aromatic heterocycles. The number of hydrogen-bond donors (Lipinski definition) is 0. The average molecular weight is 400 g/mol.